The zero-order valence-corrected chi connectivity index (χ0v) is 18.1. The first-order valence-corrected chi connectivity index (χ1v) is 11.1. The molecule has 2 aromatic carbocycles. The predicted molar refractivity (Wildman–Crippen MR) is 124 cm³/mol. The van der Waals surface area contributed by atoms with E-state index in [2.05, 4.69) is 15.0 Å². The molecule has 3 heterocycles. The Bertz CT molecular complexity index is 1380. The van der Waals surface area contributed by atoms with Crippen molar-refractivity contribution in [2.24, 2.45) is 4.99 Å². The third-order valence-corrected chi connectivity index (χ3v) is 6.66. The Morgan fingerprint density at radius 3 is 2.88 bits per heavy atom. The molecule has 0 bridgehead atoms. The van der Waals surface area contributed by atoms with E-state index in [9.17, 15) is 14.3 Å². The van der Waals surface area contributed by atoms with Crippen LogP contribution < -0.4 is 4.74 Å². The van der Waals surface area contributed by atoms with Crippen LogP contribution in [0.2, 0.25) is 0 Å². The second kappa shape index (κ2) is 7.94. The lowest BCUT2D eigenvalue weighted by molar-refractivity contribution is -0.142. The van der Waals surface area contributed by atoms with E-state index in [0.717, 1.165) is 22.0 Å². The number of hydrogen-bond acceptors (Lipinski definition) is 5. The summed E-state index contributed by atoms with van der Waals surface area (Å²) >= 11 is 1.39. The predicted octanol–water partition coefficient (Wildman–Crippen LogP) is 4.75. The lowest BCUT2D eigenvalue weighted by Gasteiger charge is -2.19. The lowest BCUT2D eigenvalue weighted by atomic mass is 9.96. The number of ether oxygens (including phenoxy) is 1. The maximum absolute atomic E-state index is 13.5. The maximum atomic E-state index is 13.5. The van der Waals surface area contributed by atoms with E-state index >= 15 is 0 Å². The summed E-state index contributed by atoms with van der Waals surface area (Å²) in [5.41, 5.74) is 1.91. The van der Waals surface area contributed by atoms with E-state index in [1.54, 1.807) is 6.07 Å². The van der Waals surface area contributed by atoms with Crippen LogP contribution >= 0.6 is 11.8 Å². The third-order valence-electron chi connectivity index (χ3n) is 5.50. The number of H-pyrrole nitrogens is 1. The molecule has 0 saturated heterocycles. The summed E-state index contributed by atoms with van der Waals surface area (Å²) in [6, 6.07) is 15.9. The van der Waals surface area contributed by atoms with Gasteiger partial charge >= 0.3 is 5.97 Å². The molecule has 4 aromatic rings. The molecule has 162 valence electrons. The molecule has 1 aliphatic rings. The Morgan fingerprint density at radius 1 is 1.19 bits per heavy atom. The Hall–Kier alpha value is -3.39. The molecule has 1 unspecified atom stereocenters. The van der Waals surface area contributed by atoms with Crippen molar-refractivity contribution in [1.82, 2.24) is 9.97 Å². The number of aryl methyl sites for hydroxylation is 1. The van der Waals surface area contributed by atoms with Gasteiger partial charge in [0, 0.05) is 34.5 Å². The van der Waals surface area contributed by atoms with Crippen molar-refractivity contribution in [3.8, 4) is 5.75 Å². The van der Waals surface area contributed by atoms with E-state index in [1.165, 1.54) is 23.9 Å². The fraction of sp³-hybridized carbons (Fsp3) is 0.208. The average molecular weight is 450 g/mol. The molecule has 0 amide bonds. The number of halogens is 1. The quantitative estimate of drug-likeness (QED) is 0.443. The van der Waals surface area contributed by atoms with Crippen molar-refractivity contribution in [3.05, 3.63) is 71.8 Å². The summed E-state index contributed by atoms with van der Waals surface area (Å²) in [7, 11) is 0. The minimum absolute atomic E-state index is 0.191. The molecule has 0 fully saturated rings. The van der Waals surface area contributed by atoms with E-state index in [0.29, 0.717) is 27.8 Å². The first-order valence-electron chi connectivity index (χ1n) is 10.1. The number of benzene rings is 2. The molecule has 0 aliphatic carbocycles. The lowest BCUT2D eigenvalue weighted by Crippen LogP contribution is -2.39. The molecule has 2 aromatic heterocycles. The second-order valence-electron chi connectivity index (χ2n) is 7.93. The number of aromatic nitrogens is 2. The van der Waals surface area contributed by atoms with Gasteiger partial charge in [0.05, 0.1) is 5.52 Å². The minimum Gasteiger partial charge on any atom is -0.487 e. The van der Waals surface area contributed by atoms with E-state index < -0.39 is 11.5 Å². The van der Waals surface area contributed by atoms with Crippen LogP contribution in [0.1, 0.15) is 11.4 Å². The number of carboxylic acids is 1. The van der Waals surface area contributed by atoms with Crippen LogP contribution in [0.3, 0.4) is 0 Å². The molecular formula is C24H20FN3O3S. The summed E-state index contributed by atoms with van der Waals surface area (Å²) in [5.74, 6) is -0.340. The molecule has 32 heavy (non-hydrogen) atoms. The number of pyridine rings is 1. The molecule has 1 aliphatic heterocycles. The highest BCUT2D eigenvalue weighted by molar-refractivity contribution is 8.14. The topological polar surface area (TPSA) is 87.6 Å². The zero-order chi connectivity index (χ0) is 22.3. The van der Waals surface area contributed by atoms with Gasteiger partial charge in [0.2, 0.25) is 0 Å². The zero-order valence-electron chi connectivity index (χ0n) is 17.3. The Kier molecular flexibility index (Phi) is 5.09. The van der Waals surface area contributed by atoms with Crippen molar-refractivity contribution < 1.29 is 19.0 Å². The van der Waals surface area contributed by atoms with Gasteiger partial charge in [-0.3, -0.25) is 9.98 Å². The van der Waals surface area contributed by atoms with Crippen LogP contribution in [0.25, 0.3) is 21.8 Å². The summed E-state index contributed by atoms with van der Waals surface area (Å²) < 4.78 is 19.4. The Morgan fingerprint density at radius 2 is 2.03 bits per heavy atom. The normalized spacial score (nSPS) is 18.2. The number of carbonyl (C=O) groups is 1. The number of nitrogens with one attached hydrogen (secondary N) is 1. The van der Waals surface area contributed by atoms with Crippen molar-refractivity contribution in [3.63, 3.8) is 0 Å². The third kappa shape index (κ3) is 3.93. The highest BCUT2D eigenvalue weighted by Crippen LogP contribution is 2.33. The number of fused-ring (bicyclic) bond motifs is 2. The summed E-state index contributed by atoms with van der Waals surface area (Å²) in [6.07, 6.45) is 0.191. The van der Waals surface area contributed by atoms with Crippen LogP contribution in [0.4, 0.5) is 4.39 Å². The molecule has 2 N–H and O–H groups in total. The molecule has 1 atom stereocenters. The van der Waals surface area contributed by atoms with Crippen LogP contribution in [0.5, 0.6) is 5.75 Å². The number of nitrogens with zero attached hydrogens (tertiary/aromatic N) is 2. The van der Waals surface area contributed by atoms with Gasteiger partial charge in [-0.2, -0.15) is 0 Å². The number of carboxylic acid groups (broad SMARTS) is 1. The van der Waals surface area contributed by atoms with Crippen molar-refractivity contribution in [2.45, 2.75) is 18.9 Å². The highest BCUT2D eigenvalue weighted by atomic mass is 32.2. The largest absolute Gasteiger partial charge is 0.487 e. The van der Waals surface area contributed by atoms with Crippen molar-refractivity contribution in [2.75, 3.05) is 12.4 Å². The second-order valence-corrected chi connectivity index (χ2v) is 8.98. The highest BCUT2D eigenvalue weighted by Gasteiger charge is 2.43. The molecular weight excluding hydrogens is 429 g/mol. The fourth-order valence-corrected chi connectivity index (χ4v) is 4.94. The number of hydrogen-bond donors (Lipinski definition) is 2. The van der Waals surface area contributed by atoms with Crippen molar-refractivity contribution in [1.29, 1.82) is 0 Å². The minimum atomic E-state index is -1.28. The van der Waals surface area contributed by atoms with Gasteiger partial charge in [-0.1, -0.05) is 6.07 Å². The van der Waals surface area contributed by atoms with Gasteiger partial charge in [-0.05, 0) is 60.8 Å². The maximum Gasteiger partial charge on any atom is 0.332 e. The average Bonchev–Trinajstić information content (AvgIpc) is 3.36. The number of rotatable bonds is 6. The SMILES string of the molecule is Cc1ccc2cc(OCC3=NC(Cc4cc5ccc(F)cc5[nH]4)(C(=O)O)CS3)ccc2n1. The molecule has 0 radical (unpaired) electrons. The smallest absolute Gasteiger partial charge is 0.332 e. The van der Waals surface area contributed by atoms with E-state index in [1.807, 2.05) is 43.3 Å². The number of aliphatic imine (C=N–C) groups is 1. The summed E-state index contributed by atoms with van der Waals surface area (Å²) in [6.45, 7) is 2.14. The van der Waals surface area contributed by atoms with Crippen LogP contribution in [0, 0.1) is 12.7 Å². The molecule has 0 spiro atoms. The summed E-state index contributed by atoms with van der Waals surface area (Å²) in [4.78, 5) is 24.3. The molecule has 5 rings (SSSR count). The van der Waals surface area contributed by atoms with Gasteiger partial charge in [0.1, 0.15) is 23.2 Å². The molecule has 8 heteroatoms. The Labute approximate surface area is 187 Å². The molecule has 6 nitrogen and oxygen atoms in total. The van der Waals surface area contributed by atoms with Gasteiger partial charge < -0.3 is 14.8 Å². The summed E-state index contributed by atoms with van der Waals surface area (Å²) in [5, 5.41) is 12.4. The van der Waals surface area contributed by atoms with E-state index in [4.69, 9.17) is 4.74 Å². The fourth-order valence-electron chi connectivity index (χ4n) is 3.87. The van der Waals surface area contributed by atoms with Gasteiger partial charge in [0.25, 0.3) is 0 Å². The van der Waals surface area contributed by atoms with Gasteiger partial charge in [0.15, 0.2) is 5.54 Å². The van der Waals surface area contributed by atoms with Gasteiger partial charge in [-0.15, -0.1) is 11.8 Å². The first kappa shape index (κ1) is 20.5. The standard InChI is InChI=1S/C24H20FN3O3S/c1-14-2-3-16-9-19(6-7-20(16)26-14)31-12-22-28-24(13-32-22,23(29)30)11-18-8-15-4-5-17(25)10-21(15)27-18/h2-10,27H,11-13H2,1H3,(H,29,30). The van der Waals surface area contributed by atoms with Crippen LogP contribution in [0.15, 0.2) is 59.6 Å². The Balaban J connectivity index is 1.33. The first-order chi connectivity index (χ1) is 15.4. The van der Waals surface area contributed by atoms with Crippen LogP contribution in [-0.2, 0) is 11.2 Å². The number of aliphatic carboxylic acids is 1. The van der Waals surface area contributed by atoms with E-state index in [-0.39, 0.29) is 18.8 Å². The monoisotopic (exact) mass is 449 g/mol. The van der Waals surface area contributed by atoms with Crippen molar-refractivity contribution >= 4 is 44.6 Å². The van der Waals surface area contributed by atoms with Crippen LogP contribution in [-0.4, -0.2) is 44.0 Å². The number of aromatic amines is 1. The number of thioether (sulfide) groups is 1. The molecule has 0 saturated carbocycles. The van der Waals surface area contributed by atoms with Gasteiger partial charge in [-0.25, -0.2) is 9.18 Å².